The number of aromatic nitrogens is 4. The van der Waals surface area contributed by atoms with Crippen molar-refractivity contribution in [2.75, 3.05) is 5.32 Å². The second-order valence-corrected chi connectivity index (χ2v) is 6.90. The van der Waals surface area contributed by atoms with Crippen molar-refractivity contribution in [2.45, 2.75) is 45.7 Å². The standard InChI is InChI=1S/C18H23N5O/c1-13(17-20-11-15(24-17)18(2,3)4)21-16-8-10-23(22-16)12-14-7-5-6-9-19-14/h5-11,13H,12H2,1-4H3,(H,21,22). The van der Waals surface area contributed by atoms with Crippen molar-refractivity contribution in [3.05, 3.63) is 60.2 Å². The quantitative estimate of drug-likeness (QED) is 0.773. The van der Waals surface area contributed by atoms with Crippen LogP contribution in [-0.4, -0.2) is 19.7 Å². The smallest absolute Gasteiger partial charge is 0.216 e. The fourth-order valence-electron chi connectivity index (χ4n) is 2.30. The molecule has 0 bridgehead atoms. The van der Waals surface area contributed by atoms with Crippen LogP contribution in [0, 0.1) is 0 Å². The van der Waals surface area contributed by atoms with Crippen molar-refractivity contribution >= 4 is 5.82 Å². The largest absolute Gasteiger partial charge is 0.443 e. The minimum atomic E-state index is -0.0562. The Hall–Kier alpha value is -2.63. The summed E-state index contributed by atoms with van der Waals surface area (Å²) < 4.78 is 7.72. The minimum Gasteiger partial charge on any atom is -0.443 e. The van der Waals surface area contributed by atoms with Gasteiger partial charge in [-0.05, 0) is 19.1 Å². The zero-order valence-corrected chi connectivity index (χ0v) is 14.5. The van der Waals surface area contributed by atoms with Crippen molar-refractivity contribution in [1.82, 2.24) is 19.7 Å². The lowest BCUT2D eigenvalue weighted by atomic mass is 9.94. The highest BCUT2D eigenvalue weighted by Crippen LogP contribution is 2.26. The lowest BCUT2D eigenvalue weighted by Crippen LogP contribution is -2.10. The molecule has 1 atom stereocenters. The monoisotopic (exact) mass is 325 g/mol. The highest BCUT2D eigenvalue weighted by molar-refractivity contribution is 5.34. The summed E-state index contributed by atoms with van der Waals surface area (Å²) in [7, 11) is 0. The van der Waals surface area contributed by atoms with Gasteiger partial charge >= 0.3 is 0 Å². The van der Waals surface area contributed by atoms with E-state index in [2.05, 4.69) is 41.2 Å². The fraction of sp³-hybridized carbons (Fsp3) is 0.389. The van der Waals surface area contributed by atoms with Gasteiger partial charge in [-0.15, -0.1) is 0 Å². The van der Waals surface area contributed by atoms with Gasteiger partial charge in [0, 0.05) is 23.9 Å². The number of nitrogens with one attached hydrogen (secondary N) is 1. The molecule has 1 N–H and O–H groups in total. The van der Waals surface area contributed by atoms with Crippen molar-refractivity contribution in [3.63, 3.8) is 0 Å². The first-order valence-corrected chi connectivity index (χ1v) is 8.08. The highest BCUT2D eigenvalue weighted by Gasteiger charge is 2.21. The molecule has 0 amide bonds. The average molecular weight is 325 g/mol. The van der Waals surface area contributed by atoms with E-state index in [4.69, 9.17) is 4.42 Å². The molecule has 3 rings (SSSR count). The van der Waals surface area contributed by atoms with Gasteiger partial charge in [0.2, 0.25) is 5.89 Å². The van der Waals surface area contributed by atoms with E-state index in [0.29, 0.717) is 12.4 Å². The van der Waals surface area contributed by atoms with Crippen LogP contribution in [0.4, 0.5) is 5.82 Å². The van der Waals surface area contributed by atoms with E-state index in [1.165, 1.54) is 0 Å². The van der Waals surface area contributed by atoms with Crippen LogP contribution in [0.25, 0.3) is 0 Å². The molecule has 1 unspecified atom stereocenters. The van der Waals surface area contributed by atoms with Gasteiger partial charge in [-0.25, -0.2) is 4.98 Å². The number of hydrogen-bond acceptors (Lipinski definition) is 5. The second kappa shape index (κ2) is 6.47. The van der Waals surface area contributed by atoms with Crippen LogP contribution in [0.3, 0.4) is 0 Å². The molecule has 24 heavy (non-hydrogen) atoms. The number of nitrogens with zero attached hydrogens (tertiary/aromatic N) is 4. The molecule has 0 aliphatic rings. The molecule has 3 aromatic rings. The van der Waals surface area contributed by atoms with E-state index < -0.39 is 0 Å². The third kappa shape index (κ3) is 3.82. The Labute approximate surface area is 141 Å². The lowest BCUT2D eigenvalue weighted by molar-refractivity contribution is 0.374. The molecule has 0 aliphatic heterocycles. The van der Waals surface area contributed by atoms with Crippen LogP contribution < -0.4 is 5.32 Å². The summed E-state index contributed by atoms with van der Waals surface area (Å²) >= 11 is 0. The fourth-order valence-corrected chi connectivity index (χ4v) is 2.30. The zero-order valence-electron chi connectivity index (χ0n) is 14.5. The summed E-state index contributed by atoms with van der Waals surface area (Å²) in [4.78, 5) is 8.69. The second-order valence-electron chi connectivity index (χ2n) is 6.90. The van der Waals surface area contributed by atoms with Crippen LogP contribution >= 0.6 is 0 Å². The maximum atomic E-state index is 5.87. The van der Waals surface area contributed by atoms with Gasteiger partial charge in [-0.3, -0.25) is 9.67 Å². The predicted molar refractivity (Wildman–Crippen MR) is 92.8 cm³/mol. The van der Waals surface area contributed by atoms with Crippen LogP contribution in [0.2, 0.25) is 0 Å². The number of hydrogen-bond donors (Lipinski definition) is 1. The first-order valence-electron chi connectivity index (χ1n) is 8.08. The summed E-state index contributed by atoms with van der Waals surface area (Å²) in [5, 5.41) is 7.84. The predicted octanol–water partition coefficient (Wildman–Crippen LogP) is 3.79. The molecule has 0 aliphatic carbocycles. The molecule has 6 heteroatoms. The van der Waals surface area contributed by atoms with E-state index in [9.17, 15) is 0 Å². The van der Waals surface area contributed by atoms with Gasteiger partial charge in [0.25, 0.3) is 0 Å². The number of rotatable bonds is 5. The molecule has 0 fully saturated rings. The van der Waals surface area contributed by atoms with E-state index in [1.807, 2.05) is 42.1 Å². The van der Waals surface area contributed by atoms with Crippen LogP contribution in [0.15, 0.2) is 47.3 Å². The summed E-state index contributed by atoms with van der Waals surface area (Å²) in [6.45, 7) is 8.97. The first kappa shape index (κ1) is 16.2. The number of pyridine rings is 1. The molecule has 0 saturated heterocycles. The Balaban J connectivity index is 1.65. The van der Waals surface area contributed by atoms with Crippen molar-refractivity contribution in [3.8, 4) is 0 Å². The summed E-state index contributed by atoms with van der Waals surface area (Å²) in [5.41, 5.74) is 0.928. The maximum Gasteiger partial charge on any atom is 0.216 e. The van der Waals surface area contributed by atoms with Gasteiger partial charge in [0.15, 0.2) is 0 Å². The molecule has 0 spiro atoms. The Morgan fingerprint density at radius 1 is 1.21 bits per heavy atom. The first-order chi connectivity index (χ1) is 11.4. The van der Waals surface area contributed by atoms with Crippen molar-refractivity contribution in [1.29, 1.82) is 0 Å². The Morgan fingerprint density at radius 3 is 2.71 bits per heavy atom. The van der Waals surface area contributed by atoms with Crippen molar-refractivity contribution < 1.29 is 4.42 Å². The molecule has 126 valence electrons. The SMILES string of the molecule is CC(Nc1ccn(Cc2ccccn2)n1)c1ncc(C(C)(C)C)o1. The molecule has 6 nitrogen and oxygen atoms in total. The summed E-state index contributed by atoms with van der Waals surface area (Å²) in [6, 6.07) is 7.75. The van der Waals surface area contributed by atoms with Crippen LogP contribution in [0.1, 0.15) is 51.1 Å². The third-order valence-corrected chi connectivity index (χ3v) is 3.69. The molecular formula is C18H23N5O. The average Bonchev–Trinajstić information content (AvgIpc) is 3.17. The minimum absolute atomic E-state index is 0.0464. The topological polar surface area (TPSA) is 68.8 Å². The van der Waals surface area contributed by atoms with E-state index in [-0.39, 0.29) is 11.5 Å². The van der Waals surface area contributed by atoms with Gasteiger partial charge in [-0.1, -0.05) is 26.8 Å². The Morgan fingerprint density at radius 2 is 2.04 bits per heavy atom. The van der Waals surface area contributed by atoms with Gasteiger partial charge < -0.3 is 9.73 Å². The highest BCUT2D eigenvalue weighted by atomic mass is 16.4. The number of anilines is 1. The zero-order chi connectivity index (χ0) is 17.2. The van der Waals surface area contributed by atoms with Crippen LogP contribution in [-0.2, 0) is 12.0 Å². The van der Waals surface area contributed by atoms with Gasteiger partial charge in [-0.2, -0.15) is 5.10 Å². The normalized spacial score (nSPS) is 13.0. The van der Waals surface area contributed by atoms with Crippen LogP contribution in [0.5, 0.6) is 0 Å². The third-order valence-electron chi connectivity index (χ3n) is 3.69. The maximum absolute atomic E-state index is 5.87. The molecule has 0 saturated carbocycles. The molecular weight excluding hydrogens is 302 g/mol. The molecule has 3 heterocycles. The van der Waals surface area contributed by atoms with Gasteiger partial charge in [0.1, 0.15) is 17.6 Å². The number of oxazole rings is 1. The molecule has 0 aromatic carbocycles. The summed E-state index contributed by atoms with van der Waals surface area (Å²) in [5.74, 6) is 2.33. The van der Waals surface area contributed by atoms with E-state index >= 15 is 0 Å². The molecule has 0 radical (unpaired) electrons. The van der Waals surface area contributed by atoms with E-state index in [0.717, 1.165) is 17.3 Å². The lowest BCUT2D eigenvalue weighted by Gasteiger charge is -2.14. The van der Waals surface area contributed by atoms with Crippen molar-refractivity contribution in [2.24, 2.45) is 0 Å². The van der Waals surface area contributed by atoms with E-state index in [1.54, 1.807) is 12.4 Å². The summed E-state index contributed by atoms with van der Waals surface area (Å²) in [6.07, 6.45) is 5.52. The Bertz CT molecular complexity index is 785. The molecule has 3 aromatic heterocycles. The Kier molecular flexibility index (Phi) is 4.38. The van der Waals surface area contributed by atoms with Gasteiger partial charge in [0.05, 0.1) is 18.4 Å².